The molecule has 2 aromatic rings. The molecule has 22 heavy (non-hydrogen) atoms. The predicted octanol–water partition coefficient (Wildman–Crippen LogP) is 2.76. The summed E-state index contributed by atoms with van der Waals surface area (Å²) in [7, 11) is 0. The van der Waals surface area contributed by atoms with Crippen LogP contribution in [0.25, 0.3) is 11.3 Å². The number of hydrogen-bond acceptors (Lipinski definition) is 2. The number of carbonyl (C=O) groups excluding carboxylic acids is 1. The van der Waals surface area contributed by atoms with Crippen molar-refractivity contribution in [1.82, 2.24) is 9.88 Å². The molecule has 0 bridgehead atoms. The topological polar surface area (TPSA) is 73.4 Å². The zero-order valence-corrected chi connectivity index (χ0v) is 12.2. The zero-order chi connectivity index (χ0) is 15.5. The second-order valence-corrected chi connectivity index (χ2v) is 5.50. The van der Waals surface area contributed by atoms with Crippen molar-refractivity contribution in [2.75, 3.05) is 6.54 Å². The summed E-state index contributed by atoms with van der Waals surface area (Å²) in [5, 5.41) is 9.28. The van der Waals surface area contributed by atoms with Crippen LogP contribution in [0, 0.1) is 0 Å². The molecule has 0 saturated carbocycles. The molecule has 1 unspecified atom stereocenters. The fourth-order valence-electron chi connectivity index (χ4n) is 2.89. The van der Waals surface area contributed by atoms with Gasteiger partial charge in [-0.1, -0.05) is 30.3 Å². The van der Waals surface area contributed by atoms with Gasteiger partial charge in [0.15, 0.2) is 0 Å². The molecule has 1 saturated heterocycles. The van der Waals surface area contributed by atoms with Gasteiger partial charge < -0.3 is 15.0 Å². The molecule has 1 aliphatic rings. The summed E-state index contributed by atoms with van der Waals surface area (Å²) in [6, 6.07) is 12.6. The molecule has 2 heterocycles. The molecule has 1 atom stereocenters. The highest BCUT2D eigenvalue weighted by molar-refractivity contribution is 5.96. The van der Waals surface area contributed by atoms with E-state index in [1.807, 2.05) is 36.4 Å². The Bertz CT molecular complexity index is 678. The number of nitrogens with one attached hydrogen (secondary N) is 1. The van der Waals surface area contributed by atoms with Crippen LogP contribution in [0.15, 0.2) is 42.5 Å². The Balaban J connectivity index is 1.83. The number of carboxylic acids is 1. The minimum atomic E-state index is -0.928. The predicted molar refractivity (Wildman–Crippen MR) is 82.5 cm³/mol. The van der Waals surface area contributed by atoms with Crippen molar-refractivity contribution in [3.05, 3.63) is 48.2 Å². The third-order valence-electron chi connectivity index (χ3n) is 4.05. The Hall–Kier alpha value is -2.56. The maximum atomic E-state index is 12.6. The lowest BCUT2D eigenvalue weighted by Gasteiger charge is -2.32. The standard InChI is InChI=1S/C17H18N2O3/c20-16(19-11-5-4-8-15(19)17(21)22)14-10-9-13(18-14)12-6-2-1-3-7-12/h1-3,6-7,9-10,15,18H,4-5,8,11H2,(H,21,22). The summed E-state index contributed by atoms with van der Waals surface area (Å²) in [4.78, 5) is 28.5. The average molecular weight is 298 g/mol. The maximum Gasteiger partial charge on any atom is 0.326 e. The highest BCUT2D eigenvalue weighted by Crippen LogP contribution is 2.22. The first kappa shape index (κ1) is 14.4. The number of likely N-dealkylation sites (tertiary alicyclic amines) is 1. The molecular weight excluding hydrogens is 280 g/mol. The molecule has 114 valence electrons. The zero-order valence-electron chi connectivity index (χ0n) is 12.2. The number of rotatable bonds is 3. The van der Waals surface area contributed by atoms with Gasteiger partial charge in [0.05, 0.1) is 0 Å². The van der Waals surface area contributed by atoms with Crippen molar-refractivity contribution in [1.29, 1.82) is 0 Å². The van der Waals surface area contributed by atoms with Crippen molar-refractivity contribution in [2.24, 2.45) is 0 Å². The molecule has 5 nitrogen and oxygen atoms in total. The van der Waals surface area contributed by atoms with Crippen LogP contribution in [0.3, 0.4) is 0 Å². The van der Waals surface area contributed by atoms with Crippen LogP contribution in [0.5, 0.6) is 0 Å². The molecule has 2 N–H and O–H groups in total. The number of carboxylic acid groups (broad SMARTS) is 1. The molecule has 0 radical (unpaired) electrons. The van der Waals surface area contributed by atoms with Crippen molar-refractivity contribution >= 4 is 11.9 Å². The van der Waals surface area contributed by atoms with Gasteiger partial charge in [-0.25, -0.2) is 4.79 Å². The highest BCUT2D eigenvalue weighted by atomic mass is 16.4. The van der Waals surface area contributed by atoms with E-state index in [4.69, 9.17) is 0 Å². The summed E-state index contributed by atoms with van der Waals surface area (Å²) in [6.45, 7) is 0.496. The molecule has 3 rings (SSSR count). The second-order valence-electron chi connectivity index (χ2n) is 5.50. The fraction of sp³-hybridized carbons (Fsp3) is 0.294. The van der Waals surface area contributed by atoms with Crippen molar-refractivity contribution in [3.63, 3.8) is 0 Å². The van der Waals surface area contributed by atoms with E-state index >= 15 is 0 Å². The van der Waals surface area contributed by atoms with Gasteiger partial charge in [0.2, 0.25) is 0 Å². The average Bonchev–Trinajstić information content (AvgIpc) is 3.05. The van der Waals surface area contributed by atoms with E-state index in [2.05, 4.69) is 4.98 Å². The third-order valence-corrected chi connectivity index (χ3v) is 4.05. The minimum absolute atomic E-state index is 0.241. The number of aliphatic carboxylic acids is 1. The van der Waals surface area contributed by atoms with Crippen LogP contribution in [0.1, 0.15) is 29.8 Å². The first-order chi connectivity index (χ1) is 10.7. The Morgan fingerprint density at radius 2 is 1.86 bits per heavy atom. The van der Waals surface area contributed by atoms with E-state index in [0.29, 0.717) is 18.7 Å². The van der Waals surface area contributed by atoms with Gasteiger partial charge in [-0.2, -0.15) is 0 Å². The number of piperidine rings is 1. The lowest BCUT2D eigenvalue weighted by molar-refractivity contribution is -0.143. The molecular formula is C17H18N2O3. The summed E-state index contributed by atoms with van der Waals surface area (Å²) in [5.74, 6) is -1.17. The molecule has 5 heteroatoms. The molecule has 1 aliphatic heterocycles. The lowest BCUT2D eigenvalue weighted by atomic mass is 10.0. The number of nitrogens with zero attached hydrogens (tertiary/aromatic N) is 1. The molecule has 0 aliphatic carbocycles. The molecule has 1 aromatic carbocycles. The smallest absolute Gasteiger partial charge is 0.326 e. The number of hydrogen-bond donors (Lipinski definition) is 2. The van der Waals surface area contributed by atoms with Crippen molar-refractivity contribution < 1.29 is 14.7 Å². The summed E-state index contributed by atoms with van der Waals surface area (Å²) in [6.07, 6.45) is 2.22. The first-order valence-electron chi connectivity index (χ1n) is 7.45. The van der Waals surface area contributed by atoms with Crippen molar-refractivity contribution in [3.8, 4) is 11.3 Å². The van der Waals surface area contributed by atoms with Gasteiger partial charge in [0.1, 0.15) is 11.7 Å². The monoisotopic (exact) mass is 298 g/mol. The number of aromatic nitrogens is 1. The van der Waals surface area contributed by atoms with E-state index < -0.39 is 12.0 Å². The number of H-pyrrole nitrogens is 1. The SMILES string of the molecule is O=C(O)C1CCCCN1C(=O)c1ccc(-c2ccccc2)[nH]1. The van der Waals surface area contributed by atoms with Gasteiger partial charge in [0, 0.05) is 12.2 Å². The number of amides is 1. The van der Waals surface area contributed by atoms with Crippen LogP contribution in [-0.4, -0.2) is 39.5 Å². The van der Waals surface area contributed by atoms with E-state index in [1.165, 1.54) is 4.90 Å². The summed E-state index contributed by atoms with van der Waals surface area (Å²) >= 11 is 0. The summed E-state index contributed by atoms with van der Waals surface area (Å²) < 4.78 is 0. The van der Waals surface area contributed by atoms with E-state index in [9.17, 15) is 14.7 Å². The van der Waals surface area contributed by atoms with Crippen LogP contribution in [-0.2, 0) is 4.79 Å². The molecule has 1 fully saturated rings. The van der Waals surface area contributed by atoms with Crippen LogP contribution < -0.4 is 0 Å². The third kappa shape index (κ3) is 2.74. The minimum Gasteiger partial charge on any atom is -0.480 e. The van der Waals surface area contributed by atoms with E-state index in [1.54, 1.807) is 6.07 Å². The van der Waals surface area contributed by atoms with Gasteiger partial charge >= 0.3 is 5.97 Å². The van der Waals surface area contributed by atoms with Gasteiger partial charge in [-0.05, 0) is 37.0 Å². The quantitative estimate of drug-likeness (QED) is 0.915. The molecule has 0 spiro atoms. The molecule has 1 amide bonds. The number of carbonyl (C=O) groups is 2. The number of aromatic amines is 1. The van der Waals surface area contributed by atoms with Gasteiger partial charge in [-0.15, -0.1) is 0 Å². The lowest BCUT2D eigenvalue weighted by Crippen LogP contribution is -2.48. The normalized spacial score (nSPS) is 18.2. The Morgan fingerprint density at radius 1 is 1.09 bits per heavy atom. The van der Waals surface area contributed by atoms with Crippen LogP contribution in [0.4, 0.5) is 0 Å². The van der Waals surface area contributed by atoms with Crippen LogP contribution in [0.2, 0.25) is 0 Å². The fourth-order valence-corrected chi connectivity index (χ4v) is 2.89. The second kappa shape index (κ2) is 6.05. The Labute approximate surface area is 128 Å². The number of benzene rings is 1. The van der Waals surface area contributed by atoms with Crippen LogP contribution >= 0.6 is 0 Å². The largest absolute Gasteiger partial charge is 0.480 e. The van der Waals surface area contributed by atoms with Gasteiger partial charge in [0.25, 0.3) is 5.91 Å². The van der Waals surface area contributed by atoms with Crippen molar-refractivity contribution in [2.45, 2.75) is 25.3 Å². The Morgan fingerprint density at radius 3 is 2.59 bits per heavy atom. The molecule has 1 aromatic heterocycles. The maximum absolute atomic E-state index is 12.6. The highest BCUT2D eigenvalue weighted by Gasteiger charge is 2.32. The summed E-state index contributed by atoms with van der Waals surface area (Å²) in [5.41, 5.74) is 2.29. The van der Waals surface area contributed by atoms with E-state index in [-0.39, 0.29) is 5.91 Å². The Kier molecular flexibility index (Phi) is 3.96. The van der Waals surface area contributed by atoms with Gasteiger partial charge in [-0.3, -0.25) is 4.79 Å². The van der Waals surface area contributed by atoms with E-state index in [0.717, 1.165) is 24.1 Å². The first-order valence-corrected chi connectivity index (χ1v) is 7.45.